The van der Waals surface area contributed by atoms with Crippen molar-refractivity contribution in [2.75, 3.05) is 0 Å². The number of carbonyl (C=O) groups is 2. The molecule has 1 aromatic rings. The van der Waals surface area contributed by atoms with E-state index in [2.05, 4.69) is 10.4 Å². The molecule has 1 aromatic heterocycles. The number of hydrogen-bond donors (Lipinski definition) is 1. The third-order valence-corrected chi connectivity index (χ3v) is 4.39. The molecule has 0 aromatic carbocycles. The van der Waals surface area contributed by atoms with Crippen LogP contribution in [0.1, 0.15) is 26.3 Å². The Balaban J connectivity index is 2.33. The molecule has 2 amide bonds. The van der Waals surface area contributed by atoms with E-state index in [1.54, 1.807) is 11.3 Å². The van der Waals surface area contributed by atoms with Gasteiger partial charge in [-0.3, -0.25) is 9.59 Å². The van der Waals surface area contributed by atoms with Crippen molar-refractivity contribution in [2.24, 2.45) is 5.10 Å². The number of thiophene rings is 1. The number of nitrogens with one attached hydrogen (secondary N) is 1. The maximum absolute atomic E-state index is 11.7. The Bertz CT molecular complexity index is 512. The van der Waals surface area contributed by atoms with E-state index in [1.807, 2.05) is 23.8 Å². The van der Waals surface area contributed by atoms with Gasteiger partial charge in [-0.2, -0.15) is 11.3 Å². The Morgan fingerprint density at radius 3 is 2.67 bits per heavy atom. The topological polar surface area (TPSA) is 61.8 Å². The highest BCUT2D eigenvalue weighted by atomic mass is 32.2. The van der Waals surface area contributed by atoms with Crippen molar-refractivity contribution in [3.05, 3.63) is 22.4 Å². The molecule has 7 heteroatoms. The van der Waals surface area contributed by atoms with E-state index in [4.69, 9.17) is 0 Å². The lowest BCUT2D eigenvalue weighted by Crippen LogP contribution is -2.37. The van der Waals surface area contributed by atoms with Crippen LogP contribution in [0.25, 0.3) is 0 Å². The number of nitrogens with zero attached hydrogens (tertiary/aromatic N) is 2. The lowest BCUT2D eigenvalue weighted by Gasteiger charge is -2.29. The molecule has 0 saturated heterocycles. The van der Waals surface area contributed by atoms with Gasteiger partial charge in [-0.15, -0.1) is 5.10 Å². The molecule has 0 spiro atoms. The van der Waals surface area contributed by atoms with Gasteiger partial charge in [-0.05, 0) is 23.8 Å². The van der Waals surface area contributed by atoms with Crippen LogP contribution < -0.4 is 5.32 Å². The van der Waals surface area contributed by atoms with Crippen molar-refractivity contribution in [1.29, 1.82) is 0 Å². The lowest BCUT2D eigenvalue weighted by molar-refractivity contribution is -0.131. The molecule has 2 heterocycles. The first kappa shape index (κ1) is 13.1. The smallest absolute Gasteiger partial charge is 0.241 e. The standard InChI is InChI=1S/C11H13N3O2S2/c1-7(15)12-10-13-14(8(2)16)11(3,18-10)9-4-5-17-6-9/h4-6H,1-3H3,(H,12,13,15). The number of rotatable bonds is 1. The van der Waals surface area contributed by atoms with E-state index in [-0.39, 0.29) is 11.8 Å². The van der Waals surface area contributed by atoms with Crippen molar-refractivity contribution in [1.82, 2.24) is 10.3 Å². The zero-order chi connectivity index (χ0) is 13.3. The van der Waals surface area contributed by atoms with Crippen LogP contribution in [0.4, 0.5) is 0 Å². The van der Waals surface area contributed by atoms with Gasteiger partial charge in [0.2, 0.25) is 11.8 Å². The van der Waals surface area contributed by atoms with Crippen molar-refractivity contribution < 1.29 is 9.59 Å². The molecule has 0 aliphatic carbocycles. The quantitative estimate of drug-likeness (QED) is 0.856. The van der Waals surface area contributed by atoms with Gasteiger partial charge < -0.3 is 5.32 Å². The maximum atomic E-state index is 11.7. The van der Waals surface area contributed by atoms with Gasteiger partial charge in [-0.1, -0.05) is 11.8 Å². The number of hydrazone groups is 1. The molecule has 1 aliphatic heterocycles. The SMILES string of the molecule is CC(=O)NC1=NN(C(C)=O)C(C)(c2ccsc2)S1. The first-order valence-electron chi connectivity index (χ1n) is 5.32. The summed E-state index contributed by atoms with van der Waals surface area (Å²) in [5.74, 6) is -0.351. The summed E-state index contributed by atoms with van der Waals surface area (Å²) in [6.07, 6.45) is 0. The molecule has 0 saturated carbocycles. The lowest BCUT2D eigenvalue weighted by atomic mass is 10.1. The molecule has 18 heavy (non-hydrogen) atoms. The molecular weight excluding hydrogens is 270 g/mol. The zero-order valence-electron chi connectivity index (χ0n) is 10.3. The molecule has 1 atom stereocenters. The fourth-order valence-corrected chi connectivity index (χ4v) is 3.75. The molecule has 5 nitrogen and oxygen atoms in total. The fourth-order valence-electron chi connectivity index (χ4n) is 1.72. The van der Waals surface area contributed by atoms with Crippen molar-refractivity contribution in [3.63, 3.8) is 0 Å². The van der Waals surface area contributed by atoms with Crippen LogP contribution in [0.15, 0.2) is 21.9 Å². The van der Waals surface area contributed by atoms with Crippen molar-refractivity contribution in [3.8, 4) is 0 Å². The average molecular weight is 283 g/mol. The molecule has 1 N–H and O–H groups in total. The highest BCUT2D eigenvalue weighted by Gasteiger charge is 2.44. The monoisotopic (exact) mass is 283 g/mol. The molecule has 2 rings (SSSR count). The highest BCUT2D eigenvalue weighted by Crippen LogP contribution is 2.45. The normalized spacial score (nSPS) is 22.8. The summed E-state index contributed by atoms with van der Waals surface area (Å²) in [6, 6.07) is 1.96. The average Bonchev–Trinajstić information content (AvgIpc) is 2.85. The minimum atomic E-state index is -0.594. The van der Waals surface area contributed by atoms with E-state index in [1.165, 1.54) is 30.6 Å². The largest absolute Gasteiger partial charge is 0.304 e. The summed E-state index contributed by atoms with van der Waals surface area (Å²) in [4.78, 5) is 22.2. The minimum Gasteiger partial charge on any atom is -0.304 e. The number of amidine groups is 1. The first-order chi connectivity index (χ1) is 8.43. The molecular formula is C11H13N3O2S2. The number of carbonyl (C=O) groups excluding carboxylic acids is 2. The van der Waals surface area contributed by atoms with Gasteiger partial charge >= 0.3 is 0 Å². The van der Waals surface area contributed by atoms with Gasteiger partial charge in [0.05, 0.1) is 0 Å². The predicted molar refractivity (Wildman–Crippen MR) is 73.0 cm³/mol. The van der Waals surface area contributed by atoms with E-state index in [9.17, 15) is 9.59 Å². The van der Waals surface area contributed by atoms with Gasteiger partial charge in [-0.25, -0.2) is 5.01 Å². The Morgan fingerprint density at radius 2 is 2.17 bits per heavy atom. The second kappa shape index (κ2) is 4.74. The second-order valence-corrected chi connectivity index (χ2v) is 6.18. The van der Waals surface area contributed by atoms with E-state index < -0.39 is 4.87 Å². The molecule has 0 fully saturated rings. The van der Waals surface area contributed by atoms with Crippen LogP contribution in [0.3, 0.4) is 0 Å². The van der Waals surface area contributed by atoms with Crippen LogP contribution in [0.5, 0.6) is 0 Å². The third-order valence-electron chi connectivity index (χ3n) is 2.53. The second-order valence-electron chi connectivity index (χ2n) is 4.01. The van der Waals surface area contributed by atoms with Crippen LogP contribution >= 0.6 is 23.1 Å². The molecule has 0 bridgehead atoms. The van der Waals surface area contributed by atoms with E-state index in [0.717, 1.165) is 5.56 Å². The van der Waals surface area contributed by atoms with Crippen LogP contribution in [-0.2, 0) is 14.5 Å². The Hall–Kier alpha value is -1.34. The Kier molecular flexibility index (Phi) is 3.45. The Morgan fingerprint density at radius 1 is 1.44 bits per heavy atom. The molecule has 96 valence electrons. The minimum absolute atomic E-state index is 0.156. The third kappa shape index (κ3) is 2.28. The fraction of sp³-hybridized carbons (Fsp3) is 0.364. The van der Waals surface area contributed by atoms with Crippen molar-refractivity contribution >= 4 is 40.1 Å². The van der Waals surface area contributed by atoms with Gasteiger partial charge in [0.1, 0.15) is 4.87 Å². The summed E-state index contributed by atoms with van der Waals surface area (Å²) in [6.45, 7) is 4.80. The van der Waals surface area contributed by atoms with Gasteiger partial charge in [0, 0.05) is 19.4 Å². The number of thioether (sulfide) groups is 1. The number of hydrogen-bond acceptors (Lipinski definition) is 5. The highest BCUT2D eigenvalue weighted by molar-refractivity contribution is 8.14. The van der Waals surface area contributed by atoms with Crippen molar-refractivity contribution in [2.45, 2.75) is 25.6 Å². The molecule has 1 aliphatic rings. The molecule has 1 unspecified atom stereocenters. The predicted octanol–water partition coefficient (Wildman–Crippen LogP) is 1.92. The summed E-state index contributed by atoms with van der Waals surface area (Å²) in [7, 11) is 0. The van der Waals surface area contributed by atoms with Gasteiger partial charge in [0.25, 0.3) is 0 Å². The van der Waals surface area contributed by atoms with Crippen LogP contribution in [0.2, 0.25) is 0 Å². The zero-order valence-corrected chi connectivity index (χ0v) is 11.9. The van der Waals surface area contributed by atoms with E-state index in [0.29, 0.717) is 5.17 Å². The first-order valence-corrected chi connectivity index (χ1v) is 7.08. The summed E-state index contributed by atoms with van der Waals surface area (Å²) >= 11 is 2.93. The summed E-state index contributed by atoms with van der Waals surface area (Å²) in [5, 5.41) is 12.6. The summed E-state index contributed by atoms with van der Waals surface area (Å²) < 4.78 is 0. The maximum Gasteiger partial charge on any atom is 0.241 e. The van der Waals surface area contributed by atoms with Crippen LogP contribution in [0, 0.1) is 0 Å². The van der Waals surface area contributed by atoms with Crippen LogP contribution in [-0.4, -0.2) is 22.0 Å². The van der Waals surface area contributed by atoms with E-state index >= 15 is 0 Å². The van der Waals surface area contributed by atoms with Gasteiger partial charge in [0.15, 0.2) is 5.17 Å². The molecule has 0 radical (unpaired) electrons. The number of amides is 2. The summed E-state index contributed by atoms with van der Waals surface area (Å²) in [5.41, 5.74) is 0.997. The Labute approximate surface area is 113 Å².